The second kappa shape index (κ2) is 6.05. The summed E-state index contributed by atoms with van der Waals surface area (Å²) in [6, 6.07) is 1.71. The lowest BCUT2D eigenvalue weighted by atomic mass is 10.0. The number of hydrogen-bond acceptors (Lipinski definition) is 2. The fourth-order valence-electron chi connectivity index (χ4n) is 1.30. The van der Waals surface area contributed by atoms with Gasteiger partial charge in [0.05, 0.1) is 6.10 Å². The van der Waals surface area contributed by atoms with Crippen molar-refractivity contribution in [3.8, 4) is 0 Å². The second-order valence-corrected chi connectivity index (χ2v) is 4.92. The SMILES string of the molecule is OC(CCBr)C(O)c1c(F)cc(F)cc1Br. The average Bonchev–Trinajstić information content (AvgIpc) is 2.16. The summed E-state index contributed by atoms with van der Waals surface area (Å²) < 4.78 is 26.3. The zero-order chi connectivity index (χ0) is 12.3. The lowest BCUT2D eigenvalue weighted by Gasteiger charge is -2.19. The van der Waals surface area contributed by atoms with Gasteiger partial charge in [-0.3, -0.25) is 0 Å². The molecule has 0 aliphatic rings. The van der Waals surface area contributed by atoms with Crippen molar-refractivity contribution < 1.29 is 19.0 Å². The smallest absolute Gasteiger partial charge is 0.133 e. The van der Waals surface area contributed by atoms with Crippen LogP contribution in [-0.4, -0.2) is 21.6 Å². The molecule has 1 rings (SSSR count). The van der Waals surface area contributed by atoms with Crippen molar-refractivity contribution >= 4 is 31.9 Å². The second-order valence-electron chi connectivity index (χ2n) is 3.27. The van der Waals surface area contributed by atoms with E-state index >= 15 is 0 Å². The lowest BCUT2D eigenvalue weighted by Crippen LogP contribution is -2.20. The van der Waals surface area contributed by atoms with Crippen molar-refractivity contribution in [3.05, 3.63) is 33.8 Å². The van der Waals surface area contributed by atoms with Gasteiger partial charge in [0.15, 0.2) is 0 Å². The fraction of sp³-hybridized carbons (Fsp3) is 0.400. The van der Waals surface area contributed by atoms with E-state index in [1.807, 2.05) is 0 Å². The number of halogens is 4. The highest BCUT2D eigenvalue weighted by Crippen LogP contribution is 2.30. The van der Waals surface area contributed by atoms with Crippen LogP contribution in [0.5, 0.6) is 0 Å². The molecular weight excluding hydrogens is 350 g/mol. The predicted octanol–water partition coefficient (Wildman–Crippen LogP) is 2.91. The van der Waals surface area contributed by atoms with Gasteiger partial charge in [-0.1, -0.05) is 31.9 Å². The number of aliphatic hydroxyl groups is 2. The van der Waals surface area contributed by atoms with Crippen LogP contribution in [0.15, 0.2) is 16.6 Å². The maximum absolute atomic E-state index is 13.4. The Labute approximate surface area is 109 Å². The molecule has 2 nitrogen and oxygen atoms in total. The Morgan fingerprint density at radius 2 is 1.88 bits per heavy atom. The molecule has 0 amide bonds. The number of benzene rings is 1. The standard InChI is InChI=1S/C10H10Br2F2O2/c11-2-1-8(15)10(16)9-6(12)3-5(13)4-7(9)14/h3-4,8,10,15-16H,1-2H2. The van der Waals surface area contributed by atoms with Crippen LogP contribution >= 0.6 is 31.9 Å². The molecule has 90 valence electrons. The normalized spacial score (nSPS) is 14.9. The number of alkyl halides is 1. The summed E-state index contributed by atoms with van der Waals surface area (Å²) in [4.78, 5) is 0. The van der Waals surface area contributed by atoms with Gasteiger partial charge in [-0.05, 0) is 12.5 Å². The third-order valence-electron chi connectivity index (χ3n) is 2.11. The zero-order valence-corrected chi connectivity index (χ0v) is 11.3. The van der Waals surface area contributed by atoms with E-state index in [1.165, 1.54) is 0 Å². The molecule has 0 saturated carbocycles. The fourth-order valence-corrected chi connectivity index (χ4v) is 2.41. The first-order valence-electron chi connectivity index (χ1n) is 4.54. The Balaban J connectivity index is 3.03. The Hall–Kier alpha value is -0.0400. The minimum atomic E-state index is -1.38. The average molecular weight is 360 g/mol. The van der Waals surface area contributed by atoms with E-state index in [0.717, 1.165) is 6.07 Å². The molecule has 0 spiro atoms. The molecule has 2 atom stereocenters. The van der Waals surface area contributed by atoms with Crippen LogP contribution in [0.3, 0.4) is 0 Å². The molecule has 0 fully saturated rings. The summed E-state index contributed by atoms with van der Waals surface area (Å²) in [5.74, 6) is -1.62. The first kappa shape index (κ1) is 14.0. The molecule has 0 heterocycles. The van der Waals surface area contributed by atoms with E-state index in [2.05, 4.69) is 31.9 Å². The van der Waals surface area contributed by atoms with E-state index in [1.54, 1.807) is 0 Å². The van der Waals surface area contributed by atoms with Crippen LogP contribution in [0.4, 0.5) is 8.78 Å². The topological polar surface area (TPSA) is 40.5 Å². The maximum atomic E-state index is 13.4. The molecule has 1 aromatic rings. The Morgan fingerprint density at radius 3 is 2.38 bits per heavy atom. The van der Waals surface area contributed by atoms with Crippen molar-refractivity contribution in [2.24, 2.45) is 0 Å². The highest BCUT2D eigenvalue weighted by atomic mass is 79.9. The van der Waals surface area contributed by atoms with Crippen molar-refractivity contribution in [3.63, 3.8) is 0 Å². The van der Waals surface area contributed by atoms with Crippen LogP contribution < -0.4 is 0 Å². The van der Waals surface area contributed by atoms with Crippen LogP contribution in [0.1, 0.15) is 18.1 Å². The van der Waals surface area contributed by atoms with Crippen molar-refractivity contribution in [1.29, 1.82) is 0 Å². The largest absolute Gasteiger partial charge is 0.390 e. The van der Waals surface area contributed by atoms with Crippen molar-refractivity contribution in [2.45, 2.75) is 18.6 Å². The van der Waals surface area contributed by atoms with E-state index in [9.17, 15) is 19.0 Å². The maximum Gasteiger partial charge on any atom is 0.133 e. The van der Waals surface area contributed by atoms with Crippen LogP contribution in [0.25, 0.3) is 0 Å². The number of rotatable bonds is 4. The minimum Gasteiger partial charge on any atom is -0.390 e. The molecule has 16 heavy (non-hydrogen) atoms. The molecule has 0 aliphatic heterocycles. The van der Waals surface area contributed by atoms with Crippen molar-refractivity contribution in [1.82, 2.24) is 0 Å². The molecule has 0 bridgehead atoms. The molecule has 1 aromatic carbocycles. The minimum absolute atomic E-state index is 0.103. The van der Waals surface area contributed by atoms with E-state index in [0.29, 0.717) is 11.4 Å². The van der Waals surface area contributed by atoms with Crippen molar-refractivity contribution in [2.75, 3.05) is 5.33 Å². The van der Waals surface area contributed by atoms with Gasteiger partial charge in [-0.25, -0.2) is 8.78 Å². The molecule has 0 aromatic heterocycles. The summed E-state index contributed by atoms with van der Waals surface area (Å²) in [6.07, 6.45) is -2.21. The van der Waals surface area contributed by atoms with Gasteiger partial charge in [0.1, 0.15) is 17.7 Å². The summed E-state index contributed by atoms with van der Waals surface area (Å²) in [7, 11) is 0. The third kappa shape index (κ3) is 3.23. The molecule has 0 aliphatic carbocycles. The Bertz CT molecular complexity index is 351. The highest BCUT2D eigenvalue weighted by molar-refractivity contribution is 9.10. The predicted molar refractivity (Wildman–Crippen MR) is 63.4 cm³/mol. The van der Waals surface area contributed by atoms with E-state index in [4.69, 9.17) is 0 Å². The first-order valence-corrected chi connectivity index (χ1v) is 6.45. The van der Waals surface area contributed by atoms with Gasteiger partial charge in [0.25, 0.3) is 0 Å². The number of aliphatic hydroxyl groups excluding tert-OH is 2. The first-order chi connectivity index (χ1) is 7.47. The van der Waals surface area contributed by atoms with Crippen LogP contribution in [0.2, 0.25) is 0 Å². The van der Waals surface area contributed by atoms with Gasteiger partial charge in [0, 0.05) is 21.4 Å². The third-order valence-corrected chi connectivity index (χ3v) is 3.22. The monoisotopic (exact) mass is 358 g/mol. The highest BCUT2D eigenvalue weighted by Gasteiger charge is 2.24. The Kier molecular flexibility index (Phi) is 5.30. The quantitative estimate of drug-likeness (QED) is 0.811. The lowest BCUT2D eigenvalue weighted by molar-refractivity contribution is 0.0147. The molecule has 0 radical (unpaired) electrons. The molecule has 2 unspecified atom stereocenters. The zero-order valence-electron chi connectivity index (χ0n) is 8.13. The summed E-state index contributed by atoms with van der Waals surface area (Å²) in [5, 5.41) is 19.7. The van der Waals surface area contributed by atoms with Gasteiger partial charge in [-0.15, -0.1) is 0 Å². The van der Waals surface area contributed by atoms with Gasteiger partial charge in [0.2, 0.25) is 0 Å². The molecule has 0 saturated heterocycles. The van der Waals surface area contributed by atoms with Gasteiger partial charge >= 0.3 is 0 Å². The number of hydrogen-bond donors (Lipinski definition) is 2. The van der Waals surface area contributed by atoms with Crippen LogP contribution in [-0.2, 0) is 0 Å². The Morgan fingerprint density at radius 1 is 1.25 bits per heavy atom. The molecule has 6 heteroatoms. The summed E-state index contributed by atoms with van der Waals surface area (Å²) in [6.45, 7) is 0. The van der Waals surface area contributed by atoms with Gasteiger partial charge in [-0.2, -0.15) is 0 Å². The molecular formula is C10H10Br2F2O2. The summed E-state index contributed by atoms with van der Waals surface area (Å²) >= 11 is 6.06. The molecule has 2 N–H and O–H groups in total. The van der Waals surface area contributed by atoms with E-state index in [-0.39, 0.29) is 16.5 Å². The van der Waals surface area contributed by atoms with Gasteiger partial charge < -0.3 is 10.2 Å². The van der Waals surface area contributed by atoms with Crippen LogP contribution in [0, 0.1) is 11.6 Å². The summed E-state index contributed by atoms with van der Waals surface area (Å²) in [5.41, 5.74) is -0.130. The van der Waals surface area contributed by atoms with E-state index < -0.39 is 23.8 Å².